The molecule has 0 heterocycles. The molecule has 5 heteroatoms. The van der Waals surface area contributed by atoms with Gasteiger partial charge in [0.1, 0.15) is 17.4 Å². The van der Waals surface area contributed by atoms with Crippen LogP contribution in [0.1, 0.15) is 18.5 Å². The Balaban J connectivity index is 2.28. The van der Waals surface area contributed by atoms with Gasteiger partial charge >= 0.3 is 0 Å². The minimum Gasteiger partial charge on any atom is -0.508 e. The zero-order valence-electron chi connectivity index (χ0n) is 10.1. The summed E-state index contributed by atoms with van der Waals surface area (Å²) in [5, 5.41) is 12.1. The lowest BCUT2D eigenvalue weighted by Crippen LogP contribution is -2.10. The number of phenols is 1. The molecule has 2 aromatic carbocycles. The molecule has 0 spiro atoms. The lowest BCUT2D eigenvalue weighted by atomic mass is 10.1. The van der Waals surface area contributed by atoms with Crippen molar-refractivity contribution in [3.8, 4) is 5.75 Å². The molecule has 0 aliphatic heterocycles. The van der Waals surface area contributed by atoms with Crippen LogP contribution in [0, 0.1) is 11.6 Å². The monoisotopic (exact) mass is 327 g/mol. The van der Waals surface area contributed by atoms with Gasteiger partial charge in [0, 0.05) is 16.1 Å². The molecule has 0 aliphatic carbocycles. The summed E-state index contributed by atoms with van der Waals surface area (Å²) in [5.41, 5.74) is 0.635. The van der Waals surface area contributed by atoms with E-state index in [0.29, 0.717) is 10.0 Å². The summed E-state index contributed by atoms with van der Waals surface area (Å²) in [4.78, 5) is 0. The Labute approximate surface area is 118 Å². The minimum atomic E-state index is -0.535. The van der Waals surface area contributed by atoms with Crippen LogP contribution in [-0.4, -0.2) is 5.11 Å². The SMILES string of the molecule is CC(Nc1c(F)cccc1Br)c1ccc(O)cc1F. The van der Waals surface area contributed by atoms with Crippen LogP contribution in [0.2, 0.25) is 0 Å². The van der Waals surface area contributed by atoms with E-state index < -0.39 is 17.7 Å². The summed E-state index contributed by atoms with van der Waals surface area (Å²) in [6, 6.07) is 8.07. The van der Waals surface area contributed by atoms with Gasteiger partial charge in [0.15, 0.2) is 0 Å². The van der Waals surface area contributed by atoms with Gasteiger partial charge in [-0.15, -0.1) is 0 Å². The van der Waals surface area contributed by atoms with E-state index in [9.17, 15) is 8.78 Å². The molecule has 2 nitrogen and oxygen atoms in total. The normalized spacial score (nSPS) is 12.2. The molecule has 2 aromatic rings. The highest BCUT2D eigenvalue weighted by molar-refractivity contribution is 9.10. The predicted molar refractivity (Wildman–Crippen MR) is 74.2 cm³/mol. The molecule has 2 rings (SSSR count). The van der Waals surface area contributed by atoms with Gasteiger partial charge in [-0.25, -0.2) is 8.78 Å². The van der Waals surface area contributed by atoms with E-state index in [4.69, 9.17) is 5.11 Å². The fourth-order valence-corrected chi connectivity index (χ4v) is 2.25. The minimum absolute atomic E-state index is 0.138. The number of aromatic hydroxyl groups is 1. The first-order valence-electron chi connectivity index (χ1n) is 5.68. The molecule has 0 amide bonds. The topological polar surface area (TPSA) is 32.3 Å². The van der Waals surface area contributed by atoms with E-state index in [2.05, 4.69) is 21.2 Å². The highest BCUT2D eigenvalue weighted by Gasteiger charge is 2.14. The number of para-hydroxylation sites is 1. The van der Waals surface area contributed by atoms with Crippen molar-refractivity contribution < 1.29 is 13.9 Å². The summed E-state index contributed by atoms with van der Waals surface area (Å²) >= 11 is 3.24. The standard InChI is InChI=1S/C14H12BrF2NO/c1-8(10-6-5-9(19)7-13(10)17)18-14-11(15)3-2-4-12(14)16/h2-8,18-19H,1H3. The van der Waals surface area contributed by atoms with E-state index in [1.807, 2.05) is 0 Å². The number of nitrogens with one attached hydrogen (secondary N) is 1. The number of phenolic OH excluding ortho intramolecular Hbond substituents is 1. The van der Waals surface area contributed by atoms with Crippen molar-refractivity contribution in [2.75, 3.05) is 5.32 Å². The van der Waals surface area contributed by atoms with Gasteiger partial charge < -0.3 is 10.4 Å². The van der Waals surface area contributed by atoms with Crippen molar-refractivity contribution >= 4 is 21.6 Å². The molecule has 2 N–H and O–H groups in total. The Kier molecular flexibility index (Phi) is 4.04. The first-order chi connectivity index (χ1) is 8.99. The maximum absolute atomic E-state index is 13.7. The number of benzene rings is 2. The number of hydrogen-bond donors (Lipinski definition) is 2. The molecule has 0 saturated carbocycles. The number of hydrogen-bond acceptors (Lipinski definition) is 2. The molecular formula is C14H12BrF2NO. The Bertz CT molecular complexity index is 584. The third kappa shape index (κ3) is 3.04. The molecule has 0 aliphatic rings. The summed E-state index contributed by atoms with van der Waals surface area (Å²) in [7, 11) is 0. The first kappa shape index (κ1) is 13.8. The van der Waals surface area contributed by atoms with Gasteiger partial charge in [-0.1, -0.05) is 12.1 Å². The third-order valence-corrected chi connectivity index (χ3v) is 3.43. The van der Waals surface area contributed by atoms with Gasteiger partial charge in [-0.05, 0) is 41.1 Å². The largest absolute Gasteiger partial charge is 0.508 e. The molecule has 0 saturated heterocycles. The second-order valence-electron chi connectivity index (χ2n) is 4.17. The Morgan fingerprint density at radius 3 is 2.53 bits per heavy atom. The lowest BCUT2D eigenvalue weighted by molar-refractivity contribution is 0.467. The maximum Gasteiger partial charge on any atom is 0.147 e. The highest BCUT2D eigenvalue weighted by Crippen LogP contribution is 2.30. The Morgan fingerprint density at radius 2 is 1.89 bits per heavy atom. The molecule has 100 valence electrons. The smallest absolute Gasteiger partial charge is 0.147 e. The van der Waals surface area contributed by atoms with Crippen molar-refractivity contribution in [1.29, 1.82) is 0 Å². The van der Waals surface area contributed by atoms with Gasteiger partial charge in [-0.3, -0.25) is 0 Å². The van der Waals surface area contributed by atoms with Crippen LogP contribution in [0.5, 0.6) is 5.75 Å². The Hall–Kier alpha value is -1.62. The average Bonchev–Trinajstić information content (AvgIpc) is 2.33. The van der Waals surface area contributed by atoms with Crippen LogP contribution < -0.4 is 5.32 Å². The predicted octanol–water partition coefficient (Wildman–Crippen LogP) is 4.61. The lowest BCUT2D eigenvalue weighted by Gasteiger charge is -2.18. The maximum atomic E-state index is 13.7. The van der Waals surface area contributed by atoms with E-state index in [0.717, 1.165) is 6.07 Å². The number of anilines is 1. The first-order valence-corrected chi connectivity index (χ1v) is 6.47. The van der Waals surface area contributed by atoms with Crippen LogP contribution in [0.4, 0.5) is 14.5 Å². The van der Waals surface area contributed by atoms with Gasteiger partial charge in [0.25, 0.3) is 0 Å². The average molecular weight is 328 g/mol. The molecular weight excluding hydrogens is 316 g/mol. The molecule has 0 aromatic heterocycles. The summed E-state index contributed by atoms with van der Waals surface area (Å²) < 4.78 is 27.9. The van der Waals surface area contributed by atoms with Crippen LogP contribution in [0.3, 0.4) is 0 Å². The van der Waals surface area contributed by atoms with Crippen molar-refractivity contribution in [1.82, 2.24) is 0 Å². The zero-order chi connectivity index (χ0) is 14.0. The van der Waals surface area contributed by atoms with E-state index in [1.54, 1.807) is 19.1 Å². The summed E-state index contributed by atoms with van der Waals surface area (Å²) in [5.74, 6) is -1.09. The molecule has 19 heavy (non-hydrogen) atoms. The second kappa shape index (κ2) is 5.57. The highest BCUT2D eigenvalue weighted by atomic mass is 79.9. The molecule has 0 fully saturated rings. The van der Waals surface area contributed by atoms with E-state index in [1.165, 1.54) is 18.2 Å². The van der Waals surface area contributed by atoms with E-state index >= 15 is 0 Å². The molecule has 0 bridgehead atoms. The molecule has 0 radical (unpaired) electrons. The van der Waals surface area contributed by atoms with Crippen molar-refractivity contribution in [3.63, 3.8) is 0 Å². The fraction of sp³-hybridized carbons (Fsp3) is 0.143. The van der Waals surface area contributed by atoms with Crippen molar-refractivity contribution in [3.05, 3.63) is 58.1 Å². The third-order valence-electron chi connectivity index (χ3n) is 2.77. The van der Waals surface area contributed by atoms with Crippen molar-refractivity contribution in [2.24, 2.45) is 0 Å². The van der Waals surface area contributed by atoms with Crippen LogP contribution in [-0.2, 0) is 0 Å². The zero-order valence-corrected chi connectivity index (χ0v) is 11.7. The van der Waals surface area contributed by atoms with Crippen LogP contribution in [0.15, 0.2) is 40.9 Å². The molecule has 1 atom stereocenters. The van der Waals surface area contributed by atoms with Crippen molar-refractivity contribution in [2.45, 2.75) is 13.0 Å². The number of halogens is 3. The van der Waals surface area contributed by atoms with Crippen LogP contribution in [0.25, 0.3) is 0 Å². The van der Waals surface area contributed by atoms with E-state index in [-0.39, 0.29) is 11.4 Å². The van der Waals surface area contributed by atoms with Crippen LogP contribution >= 0.6 is 15.9 Å². The second-order valence-corrected chi connectivity index (χ2v) is 5.02. The fourth-order valence-electron chi connectivity index (χ4n) is 1.80. The summed E-state index contributed by atoms with van der Waals surface area (Å²) in [6.07, 6.45) is 0. The van der Waals surface area contributed by atoms with Gasteiger partial charge in [0.2, 0.25) is 0 Å². The van der Waals surface area contributed by atoms with Gasteiger partial charge in [0.05, 0.1) is 11.7 Å². The van der Waals surface area contributed by atoms with Gasteiger partial charge in [-0.2, -0.15) is 0 Å². The molecule has 1 unspecified atom stereocenters. The summed E-state index contributed by atoms with van der Waals surface area (Å²) in [6.45, 7) is 1.72. The quantitative estimate of drug-likeness (QED) is 0.863. The number of rotatable bonds is 3. The Morgan fingerprint density at radius 1 is 1.16 bits per heavy atom.